The number of fused-ring (bicyclic) bond motifs is 2. The Morgan fingerprint density at radius 3 is 2.70 bits per heavy atom. The summed E-state index contributed by atoms with van der Waals surface area (Å²) < 4.78 is 11.1. The quantitative estimate of drug-likeness (QED) is 0.791. The Morgan fingerprint density at radius 1 is 1.10 bits per heavy atom. The van der Waals surface area contributed by atoms with Crippen molar-refractivity contribution in [2.24, 2.45) is 0 Å². The van der Waals surface area contributed by atoms with Crippen molar-refractivity contribution in [1.29, 1.82) is 0 Å². The van der Waals surface area contributed by atoms with E-state index >= 15 is 0 Å². The van der Waals surface area contributed by atoms with E-state index in [0.717, 1.165) is 5.56 Å². The molecule has 3 amide bonds. The van der Waals surface area contributed by atoms with Gasteiger partial charge in [-0.25, -0.2) is 0 Å². The van der Waals surface area contributed by atoms with Crippen LogP contribution in [0.25, 0.3) is 0 Å². The number of nitrogens with zero attached hydrogens (tertiary/aromatic N) is 1. The second-order valence-electron chi connectivity index (χ2n) is 7.24. The molecule has 2 aliphatic heterocycles. The van der Waals surface area contributed by atoms with Gasteiger partial charge in [0.15, 0.2) is 11.5 Å². The van der Waals surface area contributed by atoms with E-state index in [-0.39, 0.29) is 43.1 Å². The van der Waals surface area contributed by atoms with Crippen molar-refractivity contribution < 1.29 is 23.9 Å². The van der Waals surface area contributed by atoms with Gasteiger partial charge in [0.2, 0.25) is 17.7 Å². The standard InChI is InChI=1S/C22H23N3O5/c1-14(15-6-7-18-19(12-15)30-11-10-29-18)23-20(26)8-9-22(28)25-13-21(27)24-16-4-2-3-5-17(16)25/h2-7,12,14H,8-11,13H2,1H3,(H,23,26)(H,24,27)/t14-/m0/s1. The average molecular weight is 409 g/mol. The summed E-state index contributed by atoms with van der Waals surface area (Å²) >= 11 is 0. The lowest BCUT2D eigenvalue weighted by Gasteiger charge is -2.29. The van der Waals surface area contributed by atoms with Gasteiger partial charge in [-0.2, -0.15) is 0 Å². The van der Waals surface area contributed by atoms with Crippen molar-refractivity contribution in [2.45, 2.75) is 25.8 Å². The number of para-hydroxylation sites is 2. The number of carbonyl (C=O) groups is 3. The first-order valence-corrected chi connectivity index (χ1v) is 9.89. The highest BCUT2D eigenvalue weighted by Gasteiger charge is 2.26. The minimum atomic E-state index is -0.264. The van der Waals surface area contributed by atoms with E-state index in [1.165, 1.54) is 4.90 Å². The van der Waals surface area contributed by atoms with Gasteiger partial charge >= 0.3 is 0 Å². The molecule has 156 valence electrons. The number of hydrogen-bond acceptors (Lipinski definition) is 5. The Bertz CT molecular complexity index is 990. The molecule has 0 bridgehead atoms. The van der Waals surface area contributed by atoms with Crippen molar-refractivity contribution in [3.05, 3.63) is 48.0 Å². The fraction of sp³-hybridized carbons (Fsp3) is 0.318. The molecule has 2 aromatic carbocycles. The molecule has 0 aromatic heterocycles. The highest BCUT2D eigenvalue weighted by Crippen LogP contribution is 2.33. The number of carbonyl (C=O) groups excluding carboxylic acids is 3. The molecule has 0 spiro atoms. The van der Waals surface area contributed by atoms with E-state index in [4.69, 9.17) is 9.47 Å². The topological polar surface area (TPSA) is 97.0 Å². The SMILES string of the molecule is C[C@H](NC(=O)CCC(=O)N1CC(=O)Nc2ccccc21)c1ccc2c(c1)OCCO2. The van der Waals surface area contributed by atoms with Gasteiger partial charge in [-0.3, -0.25) is 14.4 Å². The summed E-state index contributed by atoms with van der Waals surface area (Å²) in [6.07, 6.45) is 0.0509. The van der Waals surface area contributed by atoms with Crippen molar-refractivity contribution in [3.63, 3.8) is 0 Å². The Labute approximate surface area is 174 Å². The number of nitrogens with one attached hydrogen (secondary N) is 2. The average Bonchev–Trinajstić information content (AvgIpc) is 2.76. The molecule has 0 saturated carbocycles. The van der Waals surface area contributed by atoms with Gasteiger partial charge in [0.25, 0.3) is 0 Å². The lowest BCUT2D eigenvalue weighted by molar-refractivity contribution is -0.126. The van der Waals surface area contributed by atoms with E-state index in [1.807, 2.05) is 25.1 Å². The zero-order valence-electron chi connectivity index (χ0n) is 16.6. The molecule has 2 N–H and O–H groups in total. The van der Waals surface area contributed by atoms with Crippen LogP contribution in [-0.4, -0.2) is 37.5 Å². The fourth-order valence-electron chi connectivity index (χ4n) is 3.54. The molecule has 4 rings (SSSR count). The smallest absolute Gasteiger partial charge is 0.244 e. The molecule has 0 aliphatic carbocycles. The van der Waals surface area contributed by atoms with Crippen LogP contribution >= 0.6 is 0 Å². The van der Waals surface area contributed by atoms with Crippen LogP contribution in [0.1, 0.15) is 31.4 Å². The van der Waals surface area contributed by atoms with Crippen LogP contribution in [0.15, 0.2) is 42.5 Å². The molecule has 1 atom stereocenters. The van der Waals surface area contributed by atoms with Gasteiger partial charge in [-0.15, -0.1) is 0 Å². The molecule has 30 heavy (non-hydrogen) atoms. The van der Waals surface area contributed by atoms with E-state index in [0.29, 0.717) is 36.1 Å². The molecule has 8 heteroatoms. The summed E-state index contributed by atoms with van der Waals surface area (Å²) in [5.74, 6) is 0.607. The maximum Gasteiger partial charge on any atom is 0.244 e. The first-order chi connectivity index (χ1) is 14.5. The number of ether oxygens (including phenoxy) is 2. The molecule has 8 nitrogen and oxygen atoms in total. The predicted molar refractivity (Wildman–Crippen MR) is 111 cm³/mol. The maximum atomic E-state index is 12.7. The first-order valence-electron chi connectivity index (χ1n) is 9.89. The molecular weight excluding hydrogens is 386 g/mol. The van der Waals surface area contributed by atoms with E-state index in [9.17, 15) is 14.4 Å². The van der Waals surface area contributed by atoms with Crippen LogP contribution in [0.3, 0.4) is 0 Å². The summed E-state index contributed by atoms with van der Waals surface area (Å²) in [7, 11) is 0. The van der Waals surface area contributed by atoms with Crippen molar-refractivity contribution in [2.75, 3.05) is 30.0 Å². The summed E-state index contributed by atoms with van der Waals surface area (Å²) in [6, 6.07) is 12.4. The van der Waals surface area contributed by atoms with Crippen LogP contribution in [0.5, 0.6) is 11.5 Å². The Hall–Kier alpha value is -3.55. The van der Waals surface area contributed by atoms with Gasteiger partial charge in [-0.1, -0.05) is 18.2 Å². The van der Waals surface area contributed by atoms with Crippen molar-refractivity contribution in [1.82, 2.24) is 5.32 Å². The third kappa shape index (κ3) is 4.22. The van der Waals surface area contributed by atoms with Crippen LogP contribution < -0.4 is 25.0 Å². The molecule has 0 saturated heterocycles. The summed E-state index contributed by atoms with van der Waals surface area (Å²) in [5, 5.41) is 5.65. The van der Waals surface area contributed by atoms with E-state index in [1.54, 1.807) is 24.3 Å². The zero-order valence-corrected chi connectivity index (χ0v) is 16.6. The second kappa shape index (κ2) is 8.44. The monoisotopic (exact) mass is 409 g/mol. The first kappa shape index (κ1) is 19.8. The predicted octanol–water partition coefficient (Wildman–Crippen LogP) is 2.40. The Morgan fingerprint density at radius 2 is 1.87 bits per heavy atom. The molecule has 0 fully saturated rings. The summed E-state index contributed by atoms with van der Waals surface area (Å²) in [5.41, 5.74) is 2.13. The minimum Gasteiger partial charge on any atom is -0.486 e. The van der Waals surface area contributed by atoms with Crippen molar-refractivity contribution >= 4 is 29.1 Å². The Balaban J connectivity index is 1.34. The second-order valence-corrected chi connectivity index (χ2v) is 7.24. The highest BCUT2D eigenvalue weighted by molar-refractivity contribution is 6.10. The zero-order chi connectivity index (χ0) is 21.1. The van der Waals surface area contributed by atoms with E-state index in [2.05, 4.69) is 10.6 Å². The van der Waals surface area contributed by atoms with Crippen LogP contribution in [0, 0.1) is 0 Å². The minimum absolute atomic E-state index is 0.0152. The molecule has 2 aromatic rings. The third-order valence-corrected chi connectivity index (χ3v) is 5.08. The van der Waals surface area contributed by atoms with Gasteiger partial charge in [0.1, 0.15) is 19.8 Å². The summed E-state index contributed by atoms with van der Waals surface area (Å²) in [6.45, 7) is 2.84. The largest absolute Gasteiger partial charge is 0.486 e. The number of amides is 3. The molecule has 2 heterocycles. The van der Waals surface area contributed by atoms with Gasteiger partial charge in [0, 0.05) is 12.8 Å². The molecule has 2 aliphatic rings. The van der Waals surface area contributed by atoms with Crippen molar-refractivity contribution in [3.8, 4) is 11.5 Å². The number of rotatable bonds is 5. The number of hydrogen-bond donors (Lipinski definition) is 2. The number of anilines is 2. The lowest BCUT2D eigenvalue weighted by atomic mass is 10.1. The van der Waals surface area contributed by atoms with Crippen LogP contribution in [0.2, 0.25) is 0 Å². The normalized spacial score (nSPS) is 15.6. The summed E-state index contributed by atoms with van der Waals surface area (Å²) in [4.78, 5) is 38.4. The van der Waals surface area contributed by atoms with Gasteiger partial charge in [-0.05, 0) is 36.8 Å². The molecule has 0 unspecified atom stereocenters. The third-order valence-electron chi connectivity index (χ3n) is 5.08. The molecular formula is C22H23N3O5. The Kier molecular flexibility index (Phi) is 5.56. The van der Waals surface area contributed by atoms with E-state index < -0.39 is 0 Å². The lowest BCUT2D eigenvalue weighted by Crippen LogP contribution is -2.42. The molecule has 0 radical (unpaired) electrons. The number of benzene rings is 2. The maximum absolute atomic E-state index is 12.7. The van der Waals surface area contributed by atoms with Crippen LogP contribution in [-0.2, 0) is 14.4 Å². The fourth-order valence-corrected chi connectivity index (χ4v) is 3.54. The van der Waals surface area contributed by atoms with Gasteiger partial charge in [0.05, 0.1) is 17.4 Å². The van der Waals surface area contributed by atoms with Crippen LogP contribution in [0.4, 0.5) is 11.4 Å². The highest BCUT2D eigenvalue weighted by atomic mass is 16.6. The van der Waals surface area contributed by atoms with Gasteiger partial charge < -0.3 is 25.0 Å².